The van der Waals surface area contributed by atoms with Gasteiger partial charge < -0.3 is 16.0 Å². The molecule has 9 heteroatoms. The molecule has 1 fully saturated rings. The van der Waals surface area contributed by atoms with Crippen molar-refractivity contribution in [3.63, 3.8) is 0 Å². The summed E-state index contributed by atoms with van der Waals surface area (Å²) in [5, 5.41) is 5.05. The zero-order valence-corrected chi connectivity index (χ0v) is 14.7. The number of hydrogen-bond acceptors (Lipinski definition) is 7. The summed E-state index contributed by atoms with van der Waals surface area (Å²) in [5.41, 5.74) is 5.66. The van der Waals surface area contributed by atoms with Crippen molar-refractivity contribution >= 4 is 34.1 Å². The summed E-state index contributed by atoms with van der Waals surface area (Å²) in [6.07, 6.45) is 3.45. The number of carbonyl (C=O) groups is 2. The van der Waals surface area contributed by atoms with Crippen LogP contribution in [0.2, 0.25) is 0 Å². The summed E-state index contributed by atoms with van der Waals surface area (Å²) in [7, 11) is 0. The first kappa shape index (κ1) is 17.3. The second-order valence-corrected chi connectivity index (χ2v) is 6.68. The number of carbonyl (C=O) groups excluding carboxylic acids is 2. The molecule has 1 aliphatic heterocycles. The molecular weight excluding hydrogens is 340 g/mol. The quantitative estimate of drug-likeness (QED) is 0.817. The van der Waals surface area contributed by atoms with Crippen LogP contribution in [0.4, 0.5) is 10.9 Å². The van der Waals surface area contributed by atoms with Crippen molar-refractivity contribution in [1.82, 2.24) is 14.9 Å². The molecule has 2 amide bonds. The molecule has 3 rings (SSSR count). The SMILES string of the molecule is CC(C(=O)Nc1sccc1C(N)=O)N1CCN(c2ncccn2)CC1. The van der Waals surface area contributed by atoms with E-state index < -0.39 is 5.91 Å². The van der Waals surface area contributed by atoms with Gasteiger partial charge in [0.05, 0.1) is 11.6 Å². The van der Waals surface area contributed by atoms with E-state index in [2.05, 4.69) is 25.1 Å². The highest BCUT2D eigenvalue weighted by Crippen LogP contribution is 2.23. The molecule has 132 valence electrons. The molecule has 1 unspecified atom stereocenters. The lowest BCUT2D eigenvalue weighted by Crippen LogP contribution is -2.53. The Hall–Kier alpha value is -2.52. The molecule has 8 nitrogen and oxygen atoms in total. The highest BCUT2D eigenvalue weighted by Gasteiger charge is 2.27. The van der Waals surface area contributed by atoms with Crippen LogP contribution >= 0.6 is 11.3 Å². The van der Waals surface area contributed by atoms with E-state index in [9.17, 15) is 9.59 Å². The molecule has 1 saturated heterocycles. The molecule has 3 heterocycles. The normalized spacial score (nSPS) is 16.4. The van der Waals surface area contributed by atoms with E-state index in [0.717, 1.165) is 26.2 Å². The van der Waals surface area contributed by atoms with Crippen LogP contribution in [-0.4, -0.2) is 58.9 Å². The Labute approximate surface area is 149 Å². The second-order valence-electron chi connectivity index (χ2n) is 5.76. The lowest BCUT2D eigenvalue weighted by atomic mass is 10.2. The minimum Gasteiger partial charge on any atom is -0.366 e. The van der Waals surface area contributed by atoms with Crippen molar-refractivity contribution in [1.29, 1.82) is 0 Å². The van der Waals surface area contributed by atoms with Gasteiger partial charge in [-0.3, -0.25) is 14.5 Å². The number of nitrogens with zero attached hydrogens (tertiary/aromatic N) is 4. The smallest absolute Gasteiger partial charge is 0.251 e. The van der Waals surface area contributed by atoms with Gasteiger partial charge in [-0.1, -0.05) is 0 Å². The van der Waals surface area contributed by atoms with E-state index in [0.29, 0.717) is 16.5 Å². The Kier molecular flexibility index (Phi) is 5.25. The highest BCUT2D eigenvalue weighted by atomic mass is 32.1. The minimum absolute atomic E-state index is 0.144. The standard InChI is InChI=1S/C16H20N6O2S/c1-11(14(24)20-15-12(13(17)23)3-10-25-15)21-6-8-22(9-7-21)16-18-4-2-5-19-16/h2-5,10-11H,6-9H2,1H3,(H2,17,23)(H,20,24). The van der Waals surface area contributed by atoms with Crippen molar-refractivity contribution in [2.24, 2.45) is 5.73 Å². The maximum absolute atomic E-state index is 12.5. The van der Waals surface area contributed by atoms with Gasteiger partial charge in [0.2, 0.25) is 11.9 Å². The van der Waals surface area contributed by atoms with Gasteiger partial charge >= 0.3 is 0 Å². The van der Waals surface area contributed by atoms with Crippen molar-refractivity contribution in [2.75, 3.05) is 36.4 Å². The number of nitrogens with one attached hydrogen (secondary N) is 1. The van der Waals surface area contributed by atoms with Gasteiger partial charge in [-0.15, -0.1) is 11.3 Å². The van der Waals surface area contributed by atoms with E-state index in [1.165, 1.54) is 11.3 Å². The fraction of sp³-hybridized carbons (Fsp3) is 0.375. The molecule has 2 aromatic rings. The largest absolute Gasteiger partial charge is 0.366 e. The first-order chi connectivity index (χ1) is 12.1. The maximum Gasteiger partial charge on any atom is 0.251 e. The fourth-order valence-electron chi connectivity index (χ4n) is 2.75. The Morgan fingerprint density at radius 2 is 1.92 bits per heavy atom. The van der Waals surface area contributed by atoms with Gasteiger partial charge in [0.15, 0.2) is 0 Å². The molecule has 0 aliphatic carbocycles. The summed E-state index contributed by atoms with van der Waals surface area (Å²) in [5.74, 6) is 0.0268. The number of aromatic nitrogens is 2. The van der Waals surface area contributed by atoms with Crippen molar-refractivity contribution in [3.05, 3.63) is 35.5 Å². The Morgan fingerprint density at radius 3 is 2.56 bits per heavy atom. The van der Waals surface area contributed by atoms with E-state index >= 15 is 0 Å². The van der Waals surface area contributed by atoms with Gasteiger partial charge in [-0.25, -0.2) is 9.97 Å². The summed E-state index contributed by atoms with van der Waals surface area (Å²) in [4.78, 5) is 36.6. The number of nitrogens with two attached hydrogens (primary N) is 1. The third kappa shape index (κ3) is 3.94. The first-order valence-electron chi connectivity index (χ1n) is 8.00. The average molecular weight is 360 g/mol. The number of rotatable bonds is 5. The summed E-state index contributed by atoms with van der Waals surface area (Å²) >= 11 is 1.29. The molecule has 2 aromatic heterocycles. The highest BCUT2D eigenvalue weighted by molar-refractivity contribution is 7.14. The van der Waals surface area contributed by atoms with Gasteiger partial charge in [0.1, 0.15) is 5.00 Å². The maximum atomic E-state index is 12.5. The van der Waals surface area contributed by atoms with Crippen LogP contribution in [0.1, 0.15) is 17.3 Å². The molecule has 3 N–H and O–H groups in total. The predicted molar refractivity (Wildman–Crippen MR) is 96.7 cm³/mol. The Balaban J connectivity index is 1.57. The van der Waals surface area contributed by atoms with Gasteiger partial charge in [-0.05, 0) is 24.4 Å². The van der Waals surface area contributed by atoms with Gasteiger partial charge in [-0.2, -0.15) is 0 Å². The molecular formula is C16H20N6O2S. The number of hydrogen-bond donors (Lipinski definition) is 2. The van der Waals surface area contributed by atoms with Crippen LogP contribution in [0.15, 0.2) is 29.9 Å². The molecule has 1 aliphatic rings. The second kappa shape index (κ2) is 7.58. The first-order valence-corrected chi connectivity index (χ1v) is 8.88. The van der Waals surface area contributed by atoms with Gasteiger partial charge in [0, 0.05) is 38.6 Å². The molecule has 0 spiro atoms. The third-order valence-electron chi connectivity index (χ3n) is 4.24. The fourth-order valence-corrected chi connectivity index (χ4v) is 3.54. The molecule has 1 atom stereocenters. The molecule has 0 saturated carbocycles. The van der Waals surface area contributed by atoms with Gasteiger partial charge in [0.25, 0.3) is 5.91 Å². The van der Waals surface area contributed by atoms with Crippen LogP contribution < -0.4 is 16.0 Å². The minimum atomic E-state index is -0.541. The van der Waals surface area contributed by atoms with Crippen molar-refractivity contribution in [2.45, 2.75) is 13.0 Å². The zero-order chi connectivity index (χ0) is 17.8. The van der Waals surface area contributed by atoms with Crippen LogP contribution in [-0.2, 0) is 4.79 Å². The number of primary amides is 1. The van der Waals surface area contributed by atoms with Crippen LogP contribution in [0.3, 0.4) is 0 Å². The zero-order valence-electron chi connectivity index (χ0n) is 13.9. The van der Waals surface area contributed by atoms with E-state index in [-0.39, 0.29) is 11.9 Å². The number of thiophene rings is 1. The molecule has 25 heavy (non-hydrogen) atoms. The summed E-state index contributed by atoms with van der Waals surface area (Å²) in [6.45, 7) is 4.85. The van der Waals surface area contributed by atoms with Crippen molar-refractivity contribution < 1.29 is 9.59 Å². The lowest BCUT2D eigenvalue weighted by molar-refractivity contribution is -0.120. The van der Waals surface area contributed by atoms with E-state index in [1.807, 2.05) is 6.92 Å². The Morgan fingerprint density at radius 1 is 1.24 bits per heavy atom. The number of anilines is 2. The lowest BCUT2D eigenvalue weighted by Gasteiger charge is -2.37. The number of piperazine rings is 1. The molecule has 0 bridgehead atoms. The predicted octanol–water partition coefficient (Wildman–Crippen LogP) is 0.786. The topological polar surface area (TPSA) is 104 Å². The van der Waals surface area contributed by atoms with Crippen molar-refractivity contribution in [3.8, 4) is 0 Å². The average Bonchev–Trinajstić information content (AvgIpc) is 3.10. The summed E-state index contributed by atoms with van der Waals surface area (Å²) in [6, 6.07) is 3.10. The Bertz CT molecular complexity index is 742. The van der Waals surface area contributed by atoms with E-state index in [4.69, 9.17) is 5.73 Å². The number of amides is 2. The van der Waals surface area contributed by atoms with Crippen LogP contribution in [0.5, 0.6) is 0 Å². The third-order valence-corrected chi connectivity index (χ3v) is 5.07. The van der Waals surface area contributed by atoms with Crippen LogP contribution in [0.25, 0.3) is 0 Å². The molecule has 0 aromatic carbocycles. The monoisotopic (exact) mass is 360 g/mol. The van der Waals surface area contributed by atoms with Crippen LogP contribution in [0, 0.1) is 0 Å². The molecule has 0 radical (unpaired) electrons. The summed E-state index contributed by atoms with van der Waals surface area (Å²) < 4.78 is 0. The van der Waals surface area contributed by atoms with E-state index in [1.54, 1.807) is 29.9 Å².